The second-order valence-corrected chi connectivity index (χ2v) is 6.11. The molecule has 23 heavy (non-hydrogen) atoms. The fraction of sp³-hybridized carbons (Fsp3) is 0.312. The van der Waals surface area contributed by atoms with Gasteiger partial charge in [0.25, 0.3) is 0 Å². The van der Waals surface area contributed by atoms with Crippen LogP contribution in [0.3, 0.4) is 0 Å². The Balaban J connectivity index is 1.51. The third-order valence-electron chi connectivity index (χ3n) is 4.23. The van der Waals surface area contributed by atoms with Crippen molar-refractivity contribution >= 4 is 28.5 Å². The minimum Gasteiger partial charge on any atom is -0.356 e. The normalized spacial score (nSPS) is 16.2. The maximum atomic E-state index is 13.2. The van der Waals surface area contributed by atoms with E-state index in [2.05, 4.69) is 20.0 Å². The number of aromatic nitrogens is 3. The van der Waals surface area contributed by atoms with Gasteiger partial charge in [0.2, 0.25) is 5.95 Å². The topological polar surface area (TPSA) is 55.1 Å². The number of hydrogen-bond acceptors (Lipinski definition) is 5. The van der Waals surface area contributed by atoms with Crippen molar-refractivity contribution in [3.05, 3.63) is 47.1 Å². The third-order valence-corrected chi connectivity index (χ3v) is 4.43. The molecule has 0 bridgehead atoms. The molecule has 118 valence electrons. The van der Waals surface area contributed by atoms with Gasteiger partial charge in [-0.25, -0.2) is 14.4 Å². The van der Waals surface area contributed by atoms with Gasteiger partial charge in [-0.1, -0.05) is 16.8 Å². The van der Waals surface area contributed by atoms with E-state index in [1.807, 2.05) is 0 Å². The van der Waals surface area contributed by atoms with Crippen molar-refractivity contribution in [1.29, 1.82) is 0 Å². The van der Waals surface area contributed by atoms with Crippen molar-refractivity contribution in [2.75, 3.05) is 18.0 Å². The summed E-state index contributed by atoms with van der Waals surface area (Å²) in [6.07, 6.45) is 5.06. The molecule has 3 aromatic rings. The molecule has 0 saturated carbocycles. The lowest BCUT2D eigenvalue weighted by Gasteiger charge is -2.31. The highest BCUT2D eigenvalue weighted by molar-refractivity contribution is 6.30. The van der Waals surface area contributed by atoms with Crippen LogP contribution < -0.4 is 4.90 Å². The van der Waals surface area contributed by atoms with Crippen molar-refractivity contribution in [3.63, 3.8) is 0 Å². The van der Waals surface area contributed by atoms with Crippen LogP contribution in [0.4, 0.5) is 10.3 Å². The van der Waals surface area contributed by atoms with E-state index >= 15 is 0 Å². The molecule has 2 aromatic heterocycles. The Labute approximate surface area is 137 Å². The summed E-state index contributed by atoms with van der Waals surface area (Å²) in [5, 5.41) is 5.59. The van der Waals surface area contributed by atoms with Crippen molar-refractivity contribution in [1.82, 2.24) is 15.1 Å². The number of piperidine rings is 1. The zero-order valence-corrected chi connectivity index (χ0v) is 13.0. The number of anilines is 1. The fourth-order valence-electron chi connectivity index (χ4n) is 3.05. The van der Waals surface area contributed by atoms with E-state index in [-0.39, 0.29) is 5.82 Å². The highest BCUT2D eigenvalue weighted by Gasteiger charge is 2.26. The van der Waals surface area contributed by atoms with E-state index in [1.54, 1.807) is 18.5 Å². The van der Waals surface area contributed by atoms with Crippen LogP contribution in [0.2, 0.25) is 5.02 Å². The molecule has 4 rings (SSSR count). The standard InChI is InChI=1S/C16H14ClFN4O/c17-11-8-19-16(20-9-11)22-5-3-10(4-6-22)15-13-2-1-12(18)7-14(13)23-21-15/h1-2,7-10H,3-6H2. The number of fused-ring (bicyclic) bond motifs is 1. The Kier molecular flexibility index (Phi) is 3.61. The van der Waals surface area contributed by atoms with Crippen molar-refractivity contribution in [2.24, 2.45) is 0 Å². The van der Waals surface area contributed by atoms with Crippen molar-refractivity contribution in [2.45, 2.75) is 18.8 Å². The average molecular weight is 333 g/mol. The first-order valence-corrected chi connectivity index (χ1v) is 7.86. The van der Waals surface area contributed by atoms with Gasteiger partial charge in [-0.05, 0) is 25.0 Å². The minimum atomic E-state index is -0.310. The van der Waals surface area contributed by atoms with Crippen LogP contribution >= 0.6 is 11.6 Å². The van der Waals surface area contributed by atoms with Gasteiger partial charge in [-0.2, -0.15) is 0 Å². The number of nitrogens with zero attached hydrogens (tertiary/aromatic N) is 4. The number of hydrogen-bond donors (Lipinski definition) is 0. The highest BCUT2D eigenvalue weighted by atomic mass is 35.5. The van der Waals surface area contributed by atoms with E-state index in [4.69, 9.17) is 16.1 Å². The van der Waals surface area contributed by atoms with Gasteiger partial charge in [0.05, 0.1) is 23.1 Å². The van der Waals surface area contributed by atoms with E-state index in [1.165, 1.54) is 12.1 Å². The van der Waals surface area contributed by atoms with Crippen molar-refractivity contribution in [3.8, 4) is 0 Å². The van der Waals surface area contributed by atoms with Crippen LogP contribution in [0.25, 0.3) is 11.0 Å². The van der Waals surface area contributed by atoms with Crippen LogP contribution in [0.1, 0.15) is 24.5 Å². The molecule has 1 aliphatic heterocycles. The third kappa shape index (κ3) is 2.74. The molecule has 1 saturated heterocycles. The van der Waals surface area contributed by atoms with Crippen LogP contribution in [0, 0.1) is 5.82 Å². The van der Waals surface area contributed by atoms with E-state index < -0.39 is 0 Å². The molecule has 7 heteroatoms. The monoisotopic (exact) mass is 332 g/mol. The van der Waals surface area contributed by atoms with Gasteiger partial charge < -0.3 is 9.42 Å². The Bertz CT molecular complexity index is 828. The first-order chi connectivity index (χ1) is 11.2. The summed E-state index contributed by atoms with van der Waals surface area (Å²) < 4.78 is 18.5. The van der Waals surface area contributed by atoms with Crippen molar-refractivity contribution < 1.29 is 8.91 Å². The minimum absolute atomic E-state index is 0.297. The van der Waals surface area contributed by atoms with Gasteiger partial charge in [0.1, 0.15) is 5.82 Å². The molecule has 1 fully saturated rings. The summed E-state index contributed by atoms with van der Waals surface area (Å²) in [4.78, 5) is 10.6. The predicted octanol–water partition coefficient (Wildman–Crippen LogP) is 3.79. The highest BCUT2D eigenvalue weighted by Crippen LogP contribution is 2.33. The molecule has 0 aliphatic carbocycles. The quantitative estimate of drug-likeness (QED) is 0.714. The Morgan fingerprint density at radius 1 is 1.17 bits per heavy atom. The van der Waals surface area contributed by atoms with Gasteiger partial charge in [-0.3, -0.25) is 0 Å². The van der Waals surface area contributed by atoms with Crippen LogP contribution in [-0.2, 0) is 0 Å². The number of benzene rings is 1. The van der Waals surface area contributed by atoms with Gasteiger partial charge in [-0.15, -0.1) is 0 Å². The molecule has 1 aromatic carbocycles. The van der Waals surface area contributed by atoms with Crippen LogP contribution in [0.15, 0.2) is 35.1 Å². The molecule has 1 aliphatic rings. The lowest BCUT2D eigenvalue weighted by Crippen LogP contribution is -2.34. The van der Waals surface area contributed by atoms with E-state index in [0.717, 1.165) is 37.0 Å². The van der Waals surface area contributed by atoms with Crippen LogP contribution in [-0.4, -0.2) is 28.2 Å². The summed E-state index contributed by atoms with van der Waals surface area (Å²) >= 11 is 5.82. The fourth-order valence-corrected chi connectivity index (χ4v) is 3.14. The van der Waals surface area contributed by atoms with E-state index in [0.29, 0.717) is 22.5 Å². The lowest BCUT2D eigenvalue weighted by molar-refractivity contribution is 0.415. The molecular weight excluding hydrogens is 319 g/mol. The Morgan fingerprint density at radius 2 is 1.91 bits per heavy atom. The van der Waals surface area contributed by atoms with Gasteiger partial charge in [0.15, 0.2) is 5.58 Å². The van der Waals surface area contributed by atoms with Gasteiger partial charge in [0, 0.05) is 30.5 Å². The molecule has 0 spiro atoms. The second kappa shape index (κ2) is 5.77. The maximum Gasteiger partial charge on any atom is 0.225 e. The number of rotatable bonds is 2. The molecule has 0 atom stereocenters. The Morgan fingerprint density at radius 3 is 2.65 bits per heavy atom. The summed E-state index contributed by atoms with van der Waals surface area (Å²) in [5.41, 5.74) is 1.42. The van der Waals surface area contributed by atoms with Gasteiger partial charge >= 0.3 is 0 Å². The smallest absolute Gasteiger partial charge is 0.225 e. The molecule has 5 nitrogen and oxygen atoms in total. The lowest BCUT2D eigenvalue weighted by atomic mass is 9.92. The zero-order chi connectivity index (χ0) is 15.8. The molecule has 0 amide bonds. The maximum absolute atomic E-state index is 13.2. The molecule has 3 heterocycles. The molecule has 0 unspecified atom stereocenters. The number of halogens is 2. The molecule has 0 radical (unpaired) electrons. The van der Waals surface area contributed by atoms with Crippen LogP contribution in [0.5, 0.6) is 0 Å². The molecular formula is C16H14ClFN4O. The average Bonchev–Trinajstić information content (AvgIpc) is 2.99. The summed E-state index contributed by atoms with van der Waals surface area (Å²) in [6, 6.07) is 4.56. The second-order valence-electron chi connectivity index (χ2n) is 5.67. The first kappa shape index (κ1) is 14.4. The summed E-state index contributed by atoms with van der Waals surface area (Å²) in [5.74, 6) is 0.681. The SMILES string of the molecule is Fc1ccc2c(C3CCN(c4ncc(Cl)cn4)CC3)noc2c1. The zero-order valence-electron chi connectivity index (χ0n) is 12.2. The predicted molar refractivity (Wildman–Crippen MR) is 85.2 cm³/mol. The Hall–Kier alpha value is -2.21. The first-order valence-electron chi connectivity index (χ1n) is 7.48. The summed E-state index contributed by atoms with van der Waals surface area (Å²) in [7, 11) is 0. The molecule has 0 N–H and O–H groups in total. The van der Waals surface area contributed by atoms with E-state index in [9.17, 15) is 4.39 Å². The largest absolute Gasteiger partial charge is 0.356 e. The summed E-state index contributed by atoms with van der Waals surface area (Å²) in [6.45, 7) is 1.67.